The van der Waals surface area contributed by atoms with Gasteiger partial charge in [-0.2, -0.15) is 4.98 Å². The summed E-state index contributed by atoms with van der Waals surface area (Å²) in [6.07, 6.45) is 5.84. The van der Waals surface area contributed by atoms with Gasteiger partial charge in [-0.25, -0.2) is 0 Å². The van der Waals surface area contributed by atoms with Crippen LogP contribution in [0.1, 0.15) is 45.7 Å². The zero-order chi connectivity index (χ0) is 13.2. The van der Waals surface area contributed by atoms with Crippen LogP contribution in [0.2, 0.25) is 0 Å². The predicted octanol–water partition coefficient (Wildman–Crippen LogP) is 2.80. The van der Waals surface area contributed by atoms with Crippen molar-refractivity contribution in [2.45, 2.75) is 52.1 Å². The fraction of sp³-hybridized carbons (Fsp3) is 0.786. The molecule has 0 amide bonds. The molecule has 18 heavy (non-hydrogen) atoms. The SMILES string of the molecule is CN(CC1CCC1)c1nc(CNC(C)(C)C)co1. The molecule has 1 aromatic rings. The van der Waals surface area contributed by atoms with Crippen molar-refractivity contribution in [1.29, 1.82) is 0 Å². The monoisotopic (exact) mass is 251 g/mol. The quantitative estimate of drug-likeness (QED) is 0.873. The van der Waals surface area contributed by atoms with Crippen LogP contribution >= 0.6 is 0 Å². The fourth-order valence-electron chi connectivity index (χ4n) is 2.05. The van der Waals surface area contributed by atoms with Gasteiger partial charge in [-0.05, 0) is 39.5 Å². The van der Waals surface area contributed by atoms with Crippen molar-refractivity contribution in [3.05, 3.63) is 12.0 Å². The molecule has 1 N–H and O–H groups in total. The molecule has 1 saturated carbocycles. The van der Waals surface area contributed by atoms with Crippen LogP contribution in [-0.2, 0) is 6.54 Å². The van der Waals surface area contributed by atoms with Crippen molar-refractivity contribution in [2.75, 3.05) is 18.5 Å². The van der Waals surface area contributed by atoms with Crippen molar-refractivity contribution in [3.8, 4) is 0 Å². The summed E-state index contributed by atoms with van der Waals surface area (Å²) >= 11 is 0. The maximum absolute atomic E-state index is 5.54. The van der Waals surface area contributed by atoms with Crippen LogP contribution in [0.15, 0.2) is 10.7 Å². The first kappa shape index (κ1) is 13.4. The van der Waals surface area contributed by atoms with Crippen LogP contribution in [0.5, 0.6) is 0 Å². The third kappa shape index (κ3) is 3.73. The Morgan fingerprint density at radius 3 is 2.72 bits per heavy atom. The predicted molar refractivity (Wildman–Crippen MR) is 73.7 cm³/mol. The molecular formula is C14H25N3O. The highest BCUT2D eigenvalue weighted by Gasteiger charge is 2.21. The van der Waals surface area contributed by atoms with E-state index in [2.05, 4.69) is 43.0 Å². The van der Waals surface area contributed by atoms with Crippen LogP contribution in [0, 0.1) is 5.92 Å². The van der Waals surface area contributed by atoms with Gasteiger partial charge in [0.05, 0.1) is 5.69 Å². The third-order valence-electron chi connectivity index (χ3n) is 3.42. The Morgan fingerprint density at radius 2 is 2.17 bits per heavy atom. The fourth-order valence-corrected chi connectivity index (χ4v) is 2.05. The van der Waals surface area contributed by atoms with Crippen LogP contribution in [0.3, 0.4) is 0 Å². The molecular weight excluding hydrogens is 226 g/mol. The summed E-state index contributed by atoms with van der Waals surface area (Å²) in [4.78, 5) is 6.65. The normalized spacial score (nSPS) is 16.7. The largest absolute Gasteiger partial charge is 0.432 e. The van der Waals surface area contributed by atoms with Gasteiger partial charge in [0, 0.05) is 25.7 Å². The molecule has 1 fully saturated rings. The number of nitrogens with zero attached hydrogens (tertiary/aromatic N) is 2. The van der Waals surface area contributed by atoms with Gasteiger partial charge in [-0.3, -0.25) is 0 Å². The minimum Gasteiger partial charge on any atom is -0.432 e. The number of hydrogen-bond acceptors (Lipinski definition) is 4. The lowest BCUT2D eigenvalue weighted by molar-refractivity contribution is 0.316. The minimum absolute atomic E-state index is 0.108. The number of hydrogen-bond donors (Lipinski definition) is 1. The van der Waals surface area contributed by atoms with Gasteiger partial charge in [0.2, 0.25) is 0 Å². The Labute approximate surface area is 110 Å². The molecule has 0 saturated heterocycles. The maximum atomic E-state index is 5.54. The summed E-state index contributed by atoms with van der Waals surface area (Å²) in [6, 6.07) is 0.743. The van der Waals surface area contributed by atoms with E-state index in [9.17, 15) is 0 Å². The minimum atomic E-state index is 0.108. The van der Waals surface area contributed by atoms with Crippen LogP contribution < -0.4 is 10.2 Å². The molecule has 2 rings (SSSR count). The second-order valence-corrected chi connectivity index (χ2v) is 6.40. The Balaban J connectivity index is 1.84. The van der Waals surface area contributed by atoms with Crippen LogP contribution in [0.4, 0.5) is 6.01 Å². The van der Waals surface area contributed by atoms with Gasteiger partial charge in [0.1, 0.15) is 6.26 Å². The lowest BCUT2D eigenvalue weighted by Crippen LogP contribution is -2.35. The second-order valence-electron chi connectivity index (χ2n) is 6.40. The Kier molecular flexibility index (Phi) is 3.95. The molecule has 0 atom stereocenters. The highest BCUT2D eigenvalue weighted by atomic mass is 16.4. The molecule has 1 aromatic heterocycles. The summed E-state index contributed by atoms with van der Waals surface area (Å²) in [5.41, 5.74) is 1.08. The average molecular weight is 251 g/mol. The van der Waals surface area contributed by atoms with Gasteiger partial charge in [-0.1, -0.05) is 6.42 Å². The molecule has 4 nitrogen and oxygen atoms in total. The first-order chi connectivity index (χ1) is 8.44. The Morgan fingerprint density at radius 1 is 1.44 bits per heavy atom. The highest BCUT2D eigenvalue weighted by molar-refractivity contribution is 5.25. The van der Waals surface area contributed by atoms with E-state index >= 15 is 0 Å². The topological polar surface area (TPSA) is 41.3 Å². The molecule has 1 heterocycles. The van der Waals surface area contributed by atoms with Crippen molar-refractivity contribution >= 4 is 6.01 Å². The van der Waals surface area contributed by atoms with Crippen molar-refractivity contribution in [1.82, 2.24) is 10.3 Å². The average Bonchev–Trinajstić information content (AvgIpc) is 2.68. The molecule has 102 valence electrons. The maximum Gasteiger partial charge on any atom is 0.297 e. The second kappa shape index (κ2) is 5.31. The summed E-state index contributed by atoms with van der Waals surface area (Å²) < 4.78 is 5.54. The molecule has 0 bridgehead atoms. The number of anilines is 1. The summed E-state index contributed by atoms with van der Waals surface area (Å²) in [5.74, 6) is 0.832. The molecule has 0 aliphatic heterocycles. The smallest absolute Gasteiger partial charge is 0.297 e. The molecule has 0 aromatic carbocycles. The van der Waals surface area contributed by atoms with E-state index in [1.54, 1.807) is 6.26 Å². The molecule has 1 aliphatic rings. The summed E-state index contributed by atoms with van der Waals surface area (Å²) in [6.45, 7) is 8.26. The summed E-state index contributed by atoms with van der Waals surface area (Å²) in [7, 11) is 2.06. The standard InChI is InChI=1S/C14H25N3O/c1-14(2,3)15-8-12-10-18-13(16-12)17(4)9-11-6-5-7-11/h10-11,15H,5-9H2,1-4H3. The lowest BCUT2D eigenvalue weighted by atomic mass is 9.85. The van der Waals surface area contributed by atoms with E-state index in [0.29, 0.717) is 0 Å². The van der Waals surface area contributed by atoms with E-state index in [1.165, 1.54) is 19.3 Å². The van der Waals surface area contributed by atoms with Gasteiger partial charge in [-0.15, -0.1) is 0 Å². The number of aromatic nitrogens is 1. The van der Waals surface area contributed by atoms with Gasteiger partial charge < -0.3 is 14.6 Å². The first-order valence-corrected chi connectivity index (χ1v) is 6.84. The van der Waals surface area contributed by atoms with E-state index in [4.69, 9.17) is 4.42 Å². The van der Waals surface area contributed by atoms with Crippen molar-refractivity contribution in [2.24, 2.45) is 5.92 Å². The van der Waals surface area contributed by atoms with Crippen molar-refractivity contribution < 1.29 is 4.42 Å². The Hall–Kier alpha value is -1.03. The van der Waals surface area contributed by atoms with Crippen LogP contribution in [-0.4, -0.2) is 24.1 Å². The zero-order valence-corrected chi connectivity index (χ0v) is 12.0. The van der Waals surface area contributed by atoms with Crippen molar-refractivity contribution in [3.63, 3.8) is 0 Å². The zero-order valence-electron chi connectivity index (χ0n) is 12.0. The molecule has 0 unspecified atom stereocenters. The van der Waals surface area contributed by atoms with Crippen LogP contribution in [0.25, 0.3) is 0 Å². The molecule has 4 heteroatoms. The van der Waals surface area contributed by atoms with Gasteiger partial charge >= 0.3 is 0 Å². The van der Waals surface area contributed by atoms with E-state index < -0.39 is 0 Å². The molecule has 0 radical (unpaired) electrons. The van der Waals surface area contributed by atoms with Gasteiger partial charge in [0.25, 0.3) is 6.01 Å². The van der Waals surface area contributed by atoms with E-state index in [-0.39, 0.29) is 5.54 Å². The third-order valence-corrected chi connectivity index (χ3v) is 3.42. The lowest BCUT2D eigenvalue weighted by Gasteiger charge is -2.29. The molecule has 0 spiro atoms. The number of nitrogens with one attached hydrogen (secondary N) is 1. The number of oxazole rings is 1. The number of rotatable bonds is 5. The first-order valence-electron chi connectivity index (χ1n) is 6.84. The molecule has 1 aliphatic carbocycles. The highest BCUT2D eigenvalue weighted by Crippen LogP contribution is 2.28. The van der Waals surface area contributed by atoms with E-state index in [1.807, 2.05) is 0 Å². The summed E-state index contributed by atoms with van der Waals surface area (Å²) in [5, 5.41) is 3.41. The van der Waals surface area contributed by atoms with E-state index in [0.717, 1.165) is 30.7 Å². The van der Waals surface area contributed by atoms with Gasteiger partial charge in [0.15, 0.2) is 0 Å². The Bertz CT molecular complexity index is 377.